The number of nitriles is 1. The summed E-state index contributed by atoms with van der Waals surface area (Å²) in [5, 5.41) is 12.1. The lowest BCUT2D eigenvalue weighted by Gasteiger charge is -2.20. The first-order valence-electron chi connectivity index (χ1n) is 9.75. The summed E-state index contributed by atoms with van der Waals surface area (Å²) in [6.07, 6.45) is 1.51. The quantitative estimate of drug-likeness (QED) is 0.542. The van der Waals surface area contributed by atoms with Gasteiger partial charge in [0.15, 0.2) is 0 Å². The summed E-state index contributed by atoms with van der Waals surface area (Å²) in [7, 11) is 0. The van der Waals surface area contributed by atoms with Crippen LogP contribution in [0.4, 0.5) is 0 Å². The second-order valence-electron chi connectivity index (χ2n) is 8.09. The van der Waals surface area contributed by atoms with Crippen molar-refractivity contribution in [2.24, 2.45) is 0 Å². The Balaban J connectivity index is 1.94. The van der Waals surface area contributed by atoms with Crippen LogP contribution < -0.4 is 10.9 Å². The fourth-order valence-corrected chi connectivity index (χ4v) is 3.37. The Morgan fingerprint density at radius 2 is 1.91 bits per heavy atom. The predicted octanol–water partition coefficient (Wildman–Crippen LogP) is 3.30. The largest absolute Gasteiger partial charge is 0.459 e. The summed E-state index contributed by atoms with van der Waals surface area (Å²) in [6, 6.07) is 11.9. The third-order valence-electron chi connectivity index (χ3n) is 4.38. The SMILES string of the molecule is CC(C)(C)OC(=O)Cn1c(=O)c(C(=O)NCc2ccc(C#N)cc2)cc2cc(Br)cnc21. The van der Waals surface area contributed by atoms with Crippen molar-refractivity contribution in [3.63, 3.8) is 0 Å². The lowest BCUT2D eigenvalue weighted by Crippen LogP contribution is -2.36. The van der Waals surface area contributed by atoms with E-state index in [-0.39, 0.29) is 24.3 Å². The first-order valence-corrected chi connectivity index (χ1v) is 10.5. The number of carbonyl (C=O) groups excluding carboxylic acids is 2. The number of amides is 1. The van der Waals surface area contributed by atoms with Crippen LogP contribution in [0.3, 0.4) is 0 Å². The molecule has 0 saturated heterocycles. The molecule has 2 aromatic heterocycles. The highest BCUT2D eigenvalue weighted by Crippen LogP contribution is 2.18. The fourth-order valence-electron chi connectivity index (χ4n) is 3.03. The molecule has 0 bridgehead atoms. The molecule has 2 heterocycles. The third-order valence-corrected chi connectivity index (χ3v) is 4.81. The van der Waals surface area contributed by atoms with E-state index >= 15 is 0 Å². The molecule has 1 amide bonds. The van der Waals surface area contributed by atoms with Gasteiger partial charge >= 0.3 is 5.97 Å². The Hall–Kier alpha value is -3.51. The van der Waals surface area contributed by atoms with Crippen LogP contribution in [-0.4, -0.2) is 27.0 Å². The van der Waals surface area contributed by atoms with Gasteiger partial charge in [-0.3, -0.25) is 19.0 Å². The Bertz CT molecular complexity index is 1280. The molecule has 3 aromatic rings. The topological polar surface area (TPSA) is 114 Å². The van der Waals surface area contributed by atoms with Crippen molar-refractivity contribution in [2.75, 3.05) is 0 Å². The summed E-state index contributed by atoms with van der Waals surface area (Å²) in [5.74, 6) is -1.19. The van der Waals surface area contributed by atoms with Crippen molar-refractivity contribution in [3.05, 3.63) is 74.1 Å². The number of benzene rings is 1. The minimum Gasteiger partial charge on any atom is -0.459 e. The number of nitrogens with one attached hydrogen (secondary N) is 1. The van der Waals surface area contributed by atoms with Gasteiger partial charge < -0.3 is 10.1 Å². The standard InChI is InChI=1S/C23H21BrN4O4/c1-23(2,3)32-19(29)13-28-20-16(8-17(24)12-26-20)9-18(22(28)31)21(30)27-11-15-6-4-14(10-25)5-7-15/h4-9,12H,11,13H2,1-3H3,(H,27,30). The Morgan fingerprint density at radius 1 is 1.22 bits per heavy atom. The highest BCUT2D eigenvalue weighted by molar-refractivity contribution is 9.10. The average Bonchev–Trinajstić information content (AvgIpc) is 2.72. The van der Waals surface area contributed by atoms with E-state index in [1.165, 1.54) is 12.3 Å². The van der Waals surface area contributed by atoms with Gasteiger partial charge in [0, 0.05) is 22.6 Å². The van der Waals surface area contributed by atoms with Crippen LogP contribution in [0.5, 0.6) is 0 Å². The van der Waals surface area contributed by atoms with Gasteiger partial charge in [0.05, 0.1) is 11.6 Å². The van der Waals surface area contributed by atoms with Gasteiger partial charge in [0.1, 0.15) is 23.4 Å². The van der Waals surface area contributed by atoms with E-state index in [0.717, 1.165) is 10.1 Å². The van der Waals surface area contributed by atoms with Gasteiger partial charge in [-0.1, -0.05) is 12.1 Å². The number of esters is 1. The van der Waals surface area contributed by atoms with Crippen LogP contribution in [0.25, 0.3) is 11.0 Å². The first-order chi connectivity index (χ1) is 15.1. The van der Waals surface area contributed by atoms with Gasteiger partial charge in [0.2, 0.25) is 0 Å². The van der Waals surface area contributed by atoms with Crippen LogP contribution in [0.15, 0.2) is 51.9 Å². The highest BCUT2D eigenvalue weighted by Gasteiger charge is 2.21. The molecule has 9 heteroatoms. The summed E-state index contributed by atoms with van der Waals surface area (Å²) in [6.45, 7) is 4.99. The number of hydrogen-bond donors (Lipinski definition) is 1. The lowest BCUT2D eigenvalue weighted by molar-refractivity contribution is -0.155. The van der Waals surface area contributed by atoms with Crippen molar-refractivity contribution < 1.29 is 14.3 Å². The molecule has 0 spiro atoms. The maximum absolute atomic E-state index is 13.1. The van der Waals surface area contributed by atoms with E-state index in [1.54, 1.807) is 51.1 Å². The van der Waals surface area contributed by atoms with Crippen LogP contribution >= 0.6 is 15.9 Å². The Morgan fingerprint density at radius 3 is 2.53 bits per heavy atom. The highest BCUT2D eigenvalue weighted by atomic mass is 79.9. The van der Waals surface area contributed by atoms with Crippen molar-refractivity contribution >= 4 is 38.8 Å². The Labute approximate surface area is 193 Å². The van der Waals surface area contributed by atoms with E-state index < -0.39 is 23.0 Å². The van der Waals surface area contributed by atoms with Crippen molar-refractivity contribution in [3.8, 4) is 6.07 Å². The van der Waals surface area contributed by atoms with Crippen LogP contribution in [0, 0.1) is 11.3 Å². The smallest absolute Gasteiger partial charge is 0.326 e. The molecular weight excluding hydrogens is 476 g/mol. The normalized spacial score (nSPS) is 11.1. The third kappa shape index (κ3) is 5.59. The molecule has 32 heavy (non-hydrogen) atoms. The maximum Gasteiger partial charge on any atom is 0.326 e. The molecule has 0 aliphatic heterocycles. The number of carbonyl (C=O) groups is 2. The number of pyridine rings is 2. The number of fused-ring (bicyclic) bond motifs is 1. The van der Waals surface area contributed by atoms with E-state index in [2.05, 4.69) is 26.2 Å². The average molecular weight is 497 g/mol. The molecule has 1 N–H and O–H groups in total. The molecule has 0 unspecified atom stereocenters. The molecule has 0 saturated carbocycles. The minimum atomic E-state index is -0.719. The van der Waals surface area contributed by atoms with Crippen LogP contribution in [0.1, 0.15) is 42.3 Å². The molecule has 0 aliphatic carbocycles. The van der Waals surface area contributed by atoms with Gasteiger partial charge in [-0.15, -0.1) is 0 Å². The van der Waals surface area contributed by atoms with E-state index in [4.69, 9.17) is 10.00 Å². The molecule has 0 atom stereocenters. The zero-order valence-corrected chi connectivity index (χ0v) is 19.4. The lowest BCUT2D eigenvalue weighted by atomic mass is 10.1. The number of halogens is 1. The van der Waals surface area contributed by atoms with E-state index in [0.29, 0.717) is 15.4 Å². The minimum absolute atomic E-state index is 0.116. The monoisotopic (exact) mass is 496 g/mol. The summed E-state index contributed by atoms with van der Waals surface area (Å²) in [5.41, 5.74) is 0.0791. The molecule has 164 valence electrons. The Kier molecular flexibility index (Phi) is 6.75. The second kappa shape index (κ2) is 9.32. The van der Waals surface area contributed by atoms with Gasteiger partial charge in [0.25, 0.3) is 11.5 Å². The maximum atomic E-state index is 13.1. The number of aromatic nitrogens is 2. The van der Waals surface area contributed by atoms with Gasteiger partial charge in [-0.05, 0) is 66.5 Å². The summed E-state index contributed by atoms with van der Waals surface area (Å²) in [4.78, 5) is 42.6. The molecule has 1 aromatic carbocycles. The van der Waals surface area contributed by atoms with E-state index in [1.807, 2.05) is 6.07 Å². The molecule has 0 aliphatic rings. The molecule has 0 radical (unpaired) electrons. The summed E-state index contributed by atoms with van der Waals surface area (Å²) < 4.78 is 7.14. The number of nitrogens with zero attached hydrogens (tertiary/aromatic N) is 3. The molecular formula is C23H21BrN4O4. The molecule has 8 nitrogen and oxygen atoms in total. The number of hydrogen-bond acceptors (Lipinski definition) is 6. The first kappa shape index (κ1) is 23.2. The summed E-state index contributed by atoms with van der Waals surface area (Å²) >= 11 is 3.34. The van der Waals surface area contributed by atoms with Gasteiger partial charge in [-0.2, -0.15) is 5.26 Å². The van der Waals surface area contributed by atoms with Crippen molar-refractivity contribution in [2.45, 2.75) is 39.5 Å². The van der Waals surface area contributed by atoms with Crippen LogP contribution in [-0.2, 0) is 22.6 Å². The van der Waals surface area contributed by atoms with Crippen molar-refractivity contribution in [1.82, 2.24) is 14.9 Å². The van der Waals surface area contributed by atoms with Crippen LogP contribution in [0.2, 0.25) is 0 Å². The van der Waals surface area contributed by atoms with E-state index in [9.17, 15) is 14.4 Å². The zero-order valence-electron chi connectivity index (χ0n) is 17.8. The second-order valence-corrected chi connectivity index (χ2v) is 9.01. The van der Waals surface area contributed by atoms with Crippen molar-refractivity contribution in [1.29, 1.82) is 5.26 Å². The molecule has 3 rings (SSSR count). The van der Waals surface area contributed by atoms with Gasteiger partial charge in [-0.25, -0.2) is 4.98 Å². The zero-order chi connectivity index (χ0) is 23.5. The number of rotatable bonds is 5. The fraction of sp³-hybridized carbons (Fsp3) is 0.261. The predicted molar refractivity (Wildman–Crippen MR) is 122 cm³/mol. The number of ether oxygens (including phenoxy) is 1. The molecule has 0 fully saturated rings.